The minimum Gasteiger partial charge on any atom is -0.394 e. The fourth-order valence-electron chi connectivity index (χ4n) is 1.42. The van der Waals surface area contributed by atoms with Gasteiger partial charge in [-0.3, -0.25) is 0 Å². The number of aliphatic hydroxyl groups is 3. The van der Waals surface area contributed by atoms with Crippen LogP contribution >= 0.6 is 0 Å². The second kappa shape index (κ2) is 5.77. The van der Waals surface area contributed by atoms with Crippen LogP contribution in [0.4, 0.5) is 0 Å². The Hall–Kier alpha value is -0.200. The number of aliphatic hydroxyl groups excluding tert-OH is 3. The second-order valence-corrected chi connectivity index (χ2v) is 4.26. The van der Waals surface area contributed by atoms with Gasteiger partial charge in [0.25, 0.3) is 0 Å². The molecule has 0 amide bonds. The third-order valence-electron chi connectivity index (χ3n) is 2.48. The van der Waals surface area contributed by atoms with Gasteiger partial charge in [0.15, 0.2) is 6.29 Å². The lowest BCUT2D eigenvalue weighted by Gasteiger charge is -2.16. The minimum absolute atomic E-state index is 0.317. The Bertz CT molecular complexity index is 185. The minimum atomic E-state index is -1.07. The summed E-state index contributed by atoms with van der Waals surface area (Å²) >= 11 is 0. The summed E-state index contributed by atoms with van der Waals surface area (Å²) in [6, 6.07) is 0. The number of hydrogen-bond donors (Lipinski definition) is 3. The number of hydrogen-bond acceptors (Lipinski definition) is 5. The van der Waals surface area contributed by atoms with Gasteiger partial charge in [-0.2, -0.15) is 0 Å². The van der Waals surface area contributed by atoms with Crippen molar-refractivity contribution in [2.75, 3.05) is 13.2 Å². The van der Waals surface area contributed by atoms with Gasteiger partial charge in [0.05, 0.1) is 13.2 Å². The zero-order chi connectivity index (χ0) is 11.4. The molecule has 5 nitrogen and oxygen atoms in total. The van der Waals surface area contributed by atoms with Gasteiger partial charge in [-0.15, -0.1) is 0 Å². The van der Waals surface area contributed by atoms with Gasteiger partial charge in [-0.25, -0.2) is 0 Å². The Morgan fingerprint density at radius 1 is 1.27 bits per heavy atom. The molecule has 3 N–H and O–H groups in total. The molecule has 5 heteroatoms. The largest absolute Gasteiger partial charge is 0.394 e. The Labute approximate surface area is 89.6 Å². The first-order chi connectivity index (χ1) is 7.06. The van der Waals surface area contributed by atoms with E-state index in [1.165, 1.54) is 0 Å². The van der Waals surface area contributed by atoms with Crippen molar-refractivity contribution in [3.05, 3.63) is 0 Å². The molecular weight excluding hydrogens is 200 g/mol. The fourth-order valence-corrected chi connectivity index (χ4v) is 1.42. The molecule has 1 saturated heterocycles. The number of rotatable bonds is 5. The van der Waals surface area contributed by atoms with Gasteiger partial charge in [0.2, 0.25) is 0 Å². The molecule has 0 aromatic heterocycles. The van der Waals surface area contributed by atoms with E-state index in [-0.39, 0.29) is 6.61 Å². The van der Waals surface area contributed by atoms with Crippen LogP contribution in [0.15, 0.2) is 0 Å². The van der Waals surface area contributed by atoms with E-state index < -0.39 is 24.6 Å². The normalized spacial score (nSPS) is 36.4. The average Bonchev–Trinajstić information content (AvgIpc) is 2.45. The van der Waals surface area contributed by atoms with Crippen LogP contribution in [0.3, 0.4) is 0 Å². The van der Waals surface area contributed by atoms with Gasteiger partial charge in [0.1, 0.15) is 18.3 Å². The molecule has 90 valence electrons. The van der Waals surface area contributed by atoms with E-state index in [0.29, 0.717) is 12.5 Å². The van der Waals surface area contributed by atoms with Crippen LogP contribution in [-0.2, 0) is 9.47 Å². The summed E-state index contributed by atoms with van der Waals surface area (Å²) < 4.78 is 10.4. The lowest BCUT2D eigenvalue weighted by Crippen LogP contribution is -2.34. The topological polar surface area (TPSA) is 79.2 Å². The maximum atomic E-state index is 9.51. The predicted molar refractivity (Wildman–Crippen MR) is 53.2 cm³/mol. The molecule has 0 radical (unpaired) electrons. The smallest absolute Gasteiger partial charge is 0.186 e. The van der Waals surface area contributed by atoms with E-state index in [1.807, 2.05) is 0 Å². The van der Waals surface area contributed by atoms with Crippen LogP contribution in [0.25, 0.3) is 0 Å². The van der Waals surface area contributed by atoms with Crippen molar-refractivity contribution < 1.29 is 24.8 Å². The van der Waals surface area contributed by atoms with E-state index in [1.54, 1.807) is 0 Å². The maximum Gasteiger partial charge on any atom is 0.186 e. The van der Waals surface area contributed by atoms with Crippen LogP contribution in [0.5, 0.6) is 0 Å². The molecule has 1 aliphatic rings. The summed E-state index contributed by atoms with van der Waals surface area (Å²) in [6.07, 6.45) is -2.85. The maximum absolute atomic E-state index is 9.51. The monoisotopic (exact) mass is 220 g/mol. The second-order valence-electron chi connectivity index (χ2n) is 4.26. The van der Waals surface area contributed by atoms with Crippen molar-refractivity contribution in [3.8, 4) is 0 Å². The Morgan fingerprint density at radius 2 is 1.93 bits per heavy atom. The SMILES string of the molecule is CC(C)CCOC1O[C@H](CO)[C@H](O)[C@H]1O. The molecule has 1 unspecified atom stereocenters. The lowest BCUT2D eigenvalue weighted by atomic mass is 10.1. The highest BCUT2D eigenvalue weighted by Gasteiger charge is 2.42. The summed E-state index contributed by atoms with van der Waals surface area (Å²) in [6.45, 7) is 4.30. The van der Waals surface area contributed by atoms with Crippen molar-refractivity contribution in [3.63, 3.8) is 0 Å². The molecule has 0 aromatic rings. The van der Waals surface area contributed by atoms with E-state index in [2.05, 4.69) is 13.8 Å². The Morgan fingerprint density at radius 3 is 2.40 bits per heavy atom. The van der Waals surface area contributed by atoms with Gasteiger partial charge < -0.3 is 24.8 Å². The zero-order valence-corrected chi connectivity index (χ0v) is 9.17. The van der Waals surface area contributed by atoms with Crippen LogP contribution in [0.1, 0.15) is 20.3 Å². The quantitative estimate of drug-likeness (QED) is 0.581. The molecule has 0 aliphatic carbocycles. The molecular formula is C10H20O5. The van der Waals surface area contributed by atoms with Crippen molar-refractivity contribution in [2.45, 2.75) is 44.9 Å². The first kappa shape index (κ1) is 12.9. The van der Waals surface area contributed by atoms with Crippen LogP contribution in [-0.4, -0.2) is 53.1 Å². The summed E-state index contributed by atoms with van der Waals surface area (Å²) in [7, 11) is 0. The van der Waals surface area contributed by atoms with E-state index >= 15 is 0 Å². The fraction of sp³-hybridized carbons (Fsp3) is 1.00. The van der Waals surface area contributed by atoms with Crippen molar-refractivity contribution in [1.82, 2.24) is 0 Å². The summed E-state index contributed by atoms with van der Waals surface area (Å²) in [5.41, 5.74) is 0. The molecule has 1 aliphatic heterocycles. The first-order valence-electron chi connectivity index (χ1n) is 5.30. The zero-order valence-electron chi connectivity index (χ0n) is 9.17. The lowest BCUT2D eigenvalue weighted by molar-refractivity contribution is -0.170. The van der Waals surface area contributed by atoms with Crippen molar-refractivity contribution in [1.29, 1.82) is 0 Å². The van der Waals surface area contributed by atoms with Gasteiger partial charge >= 0.3 is 0 Å². The standard InChI is InChI=1S/C10H20O5/c1-6(2)3-4-14-10-9(13)8(12)7(5-11)15-10/h6-13H,3-5H2,1-2H3/t7-,8+,9-,10?/m1/s1. The van der Waals surface area contributed by atoms with Gasteiger partial charge in [0, 0.05) is 0 Å². The molecule has 1 fully saturated rings. The summed E-state index contributed by atoms with van der Waals surface area (Å²) in [5, 5.41) is 27.8. The summed E-state index contributed by atoms with van der Waals surface area (Å²) in [5.74, 6) is 0.516. The molecule has 0 aromatic carbocycles. The molecule has 0 spiro atoms. The summed E-state index contributed by atoms with van der Waals surface area (Å²) in [4.78, 5) is 0. The van der Waals surface area contributed by atoms with Crippen LogP contribution in [0.2, 0.25) is 0 Å². The molecule has 15 heavy (non-hydrogen) atoms. The van der Waals surface area contributed by atoms with E-state index in [4.69, 9.17) is 14.6 Å². The molecule has 0 bridgehead atoms. The Balaban J connectivity index is 2.31. The molecule has 1 heterocycles. The van der Waals surface area contributed by atoms with Crippen LogP contribution < -0.4 is 0 Å². The van der Waals surface area contributed by atoms with Gasteiger partial charge in [-0.05, 0) is 12.3 Å². The molecule has 1 rings (SSSR count). The highest BCUT2D eigenvalue weighted by Crippen LogP contribution is 2.22. The molecule has 0 saturated carbocycles. The predicted octanol–water partition coefficient (Wildman–Crippen LogP) is -0.512. The highest BCUT2D eigenvalue weighted by molar-refractivity contribution is 4.86. The van der Waals surface area contributed by atoms with E-state index in [0.717, 1.165) is 6.42 Å². The number of ether oxygens (including phenoxy) is 2. The van der Waals surface area contributed by atoms with Gasteiger partial charge in [-0.1, -0.05) is 13.8 Å². The molecule has 4 atom stereocenters. The average molecular weight is 220 g/mol. The van der Waals surface area contributed by atoms with E-state index in [9.17, 15) is 10.2 Å². The first-order valence-corrected chi connectivity index (χ1v) is 5.30. The van der Waals surface area contributed by atoms with Crippen molar-refractivity contribution >= 4 is 0 Å². The van der Waals surface area contributed by atoms with Crippen LogP contribution in [0, 0.1) is 5.92 Å². The highest BCUT2D eigenvalue weighted by atomic mass is 16.7. The Kier molecular flexibility index (Phi) is 4.95. The third-order valence-corrected chi connectivity index (χ3v) is 2.48. The van der Waals surface area contributed by atoms with Crippen molar-refractivity contribution in [2.24, 2.45) is 5.92 Å². The third kappa shape index (κ3) is 3.39.